The molecule has 12 heteroatoms. The van der Waals surface area contributed by atoms with Gasteiger partial charge in [-0.2, -0.15) is 9.78 Å². The van der Waals surface area contributed by atoms with Crippen LogP contribution in [0.2, 0.25) is 0 Å². The number of hydrogen-bond acceptors (Lipinski definition) is 8. The Balaban J connectivity index is 1.19. The van der Waals surface area contributed by atoms with Crippen LogP contribution in [0, 0.1) is 5.82 Å². The predicted octanol–water partition coefficient (Wildman–Crippen LogP) is 3.04. The van der Waals surface area contributed by atoms with Gasteiger partial charge in [-0.3, -0.25) is 4.79 Å². The number of cyclic esters (lactones) is 1. The standard InChI is InChI=1S/C28H29FN4O7/c1-28(2)39-24(26(35)40-28)9-10-37-20-7-8-23-22(13-20)32(3)25(34)21(16-38-23)31-27(36)33-15-18(14-30-33)11-17-5-4-6-19(29)12-17/h4-8,12-15,21,24H,9-11,16H2,1-3H3,(H,31,36)/t21-,24+/m0/s1. The van der Waals surface area contributed by atoms with E-state index in [1.54, 1.807) is 51.2 Å². The van der Waals surface area contributed by atoms with Crippen molar-refractivity contribution in [2.75, 3.05) is 25.2 Å². The second-order valence-corrected chi connectivity index (χ2v) is 10.0. The van der Waals surface area contributed by atoms with Crippen molar-refractivity contribution >= 4 is 23.6 Å². The molecule has 11 nitrogen and oxygen atoms in total. The average Bonchev–Trinajstić information content (AvgIpc) is 3.45. The van der Waals surface area contributed by atoms with Crippen LogP contribution in [-0.4, -0.2) is 65.9 Å². The van der Waals surface area contributed by atoms with E-state index in [0.717, 1.165) is 10.2 Å². The van der Waals surface area contributed by atoms with Gasteiger partial charge in [-0.25, -0.2) is 14.0 Å². The normalized spacial score (nSPS) is 19.9. The number of halogens is 1. The van der Waals surface area contributed by atoms with Crippen molar-refractivity contribution in [3.05, 3.63) is 71.8 Å². The summed E-state index contributed by atoms with van der Waals surface area (Å²) >= 11 is 0. The summed E-state index contributed by atoms with van der Waals surface area (Å²) < 4.78 is 36.9. The van der Waals surface area contributed by atoms with E-state index in [0.29, 0.717) is 35.6 Å². The highest BCUT2D eigenvalue weighted by molar-refractivity contribution is 6.00. The van der Waals surface area contributed by atoms with Gasteiger partial charge in [0.1, 0.15) is 30.0 Å². The number of ether oxygens (including phenoxy) is 4. The van der Waals surface area contributed by atoms with E-state index in [2.05, 4.69) is 10.4 Å². The van der Waals surface area contributed by atoms with E-state index in [1.807, 2.05) is 0 Å². The number of fused-ring (bicyclic) bond motifs is 1. The van der Waals surface area contributed by atoms with Crippen LogP contribution in [0.25, 0.3) is 0 Å². The van der Waals surface area contributed by atoms with Gasteiger partial charge in [0.05, 0.1) is 18.5 Å². The third-order valence-corrected chi connectivity index (χ3v) is 6.45. The summed E-state index contributed by atoms with van der Waals surface area (Å²) in [6, 6.07) is 9.63. The van der Waals surface area contributed by atoms with Gasteiger partial charge in [-0.1, -0.05) is 12.1 Å². The molecule has 2 atom stereocenters. The molecule has 40 heavy (non-hydrogen) atoms. The molecule has 1 saturated heterocycles. The van der Waals surface area contributed by atoms with Crippen LogP contribution < -0.4 is 19.7 Å². The number of esters is 1. The molecule has 0 unspecified atom stereocenters. The van der Waals surface area contributed by atoms with Crippen LogP contribution >= 0.6 is 0 Å². The molecule has 210 valence electrons. The van der Waals surface area contributed by atoms with E-state index >= 15 is 0 Å². The van der Waals surface area contributed by atoms with Crippen molar-refractivity contribution in [1.82, 2.24) is 15.1 Å². The number of nitrogens with one attached hydrogen (secondary N) is 1. The number of carbonyl (C=O) groups is 3. The minimum atomic E-state index is -0.973. The first-order valence-electron chi connectivity index (χ1n) is 12.7. The smallest absolute Gasteiger partial charge is 0.342 e. The topological polar surface area (TPSA) is 121 Å². The number of rotatable bonds is 7. The molecule has 1 N–H and O–H groups in total. The van der Waals surface area contributed by atoms with E-state index in [4.69, 9.17) is 18.9 Å². The minimum Gasteiger partial charge on any atom is -0.493 e. The lowest BCUT2D eigenvalue weighted by Crippen LogP contribution is -2.50. The molecule has 2 aliphatic rings. The molecule has 2 aliphatic heterocycles. The summed E-state index contributed by atoms with van der Waals surface area (Å²) in [5.41, 5.74) is 1.92. The monoisotopic (exact) mass is 552 g/mol. The fourth-order valence-corrected chi connectivity index (χ4v) is 4.52. The van der Waals surface area contributed by atoms with Crippen LogP contribution in [0.5, 0.6) is 11.5 Å². The number of anilines is 1. The van der Waals surface area contributed by atoms with Crippen LogP contribution in [0.1, 0.15) is 31.4 Å². The van der Waals surface area contributed by atoms with Crippen molar-refractivity contribution in [2.24, 2.45) is 0 Å². The van der Waals surface area contributed by atoms with E-state index in [9.17, 15) is 18.8 Å². The maximum atomic E-state index is 13.5. The van der Waals surface area contributed by atoms with Gasteiger partial charge in [0, 0.05) is 46.0 Å². The fraction of sp³-hybridized carbons (Fsp3) is 0.357. The molecule has 2 amide bonds. The Bertz CT molecular complexity index is 1440. The van der Waals surface area contributed by atoms with Crippen LogP contribution in [-0.2, 0) is 25.5 Å². The molecule has 1 fully saturated rings. The first kappa shape index (κ1) is 27.1. The van der Waals surface area contributed by atoms with Crippen LogP contribution in [0.3, 0.4) is 0 Å². The van der Waals surface area contributed by atoms with Gasteiger partial charge in [0.15, 0.2) is 6.10 Å². The second kappa shape index (κ2) is 11.0. The zero-order valence-electron chi connectivity index (χ0n) is 22.3. The molecule has 3 aromatic rings. The second-order valence-electron chi connectivity index (χ2n) is 10.0. The number of hydrogen-bond donors (Lipinski definition) is 1. The highest BCUT2D eigenvalue weighted by atomic mass is 19.1. The highest BCUT2D eigenvalue weighted by Crippen LogP contribution is 2.34. The largest absolute Gasteiger partial charge is 0.493 e. The molecular weight excluding hydrogens is 523 g/mol. The summed E-state index contributed by atoms with van der Waals surface area (Å²) in [4.78, 5) is 39.4. The average molecular weight is 553 g/mol. The molecule has 3 heterocycles. The number of amides is 2. The van der Waals surface area contributed by atoms with Crippen LogP contribution in [0.15, 0.2) is 54.9 Å². The van der Waals surface area contributed by atoms with Crippen molar-refractivity contribution in [3.8, 4) is 11.5 Å². The lowest BCUT2D eigenvalue weighted by molar-refractivity contribution is -0.161. The molecule has 0 radical (unpaired) electrons. The molecule has 5 rings (SSSR count). The number of likely N-dealkylation sites (N-methyl/N-ethyl adjacent to an activating group) is 1. The third-order valence-electron chi connectivity index (χ3n) is 6.45. The van der Waals surface area contributed by atoms with Gasteiger partial charge in [-0.05, 0) is 35.4 Å². The van der Waals surface area contributed by atoms with E-state index in [-0.39, 0.29) is 24.9 Å². The maximum absolute atomic E-state index is 13.5. The van der Waals surface area contributed by atoms with Crippen molar-refractivity contribution in [2.45, 2.75) is 44.6 Å². The summed E-state index contributed by atoms with van der Waals surface area (Å²) in [7, 11) is 1.58. The predicted molar refractivity (Wildman–Crippen MR) is 140 cm³/mol. The quantitative estimate of drug-likeness (QED) is 0.444. The first-order valence-corrected chi connectivity index (χ1v) is 12.7. The number of carbonyl (C=O) groups excluding carboxylic acids is 3. The third kappa shape index (κ3) is 6.07. The summed E-state index contributed by atoms with van der Waals surface area (Å²) in [6.07, 6.45) is 3.04. The summed E-state index contributed by atoms with van der Waals surface area (Å²) in [5.74, 6) is -1.20. The van der Waals surface area contributed by atoms with Crippen LogP contribution in [0.4, 0.5) is 14.9 Å². The summed E-state index contributed by atoms with van der Waals surface area (Å²) in [5, 5.41) is 6.74. The van der Waals surface area contributed by atoms with E-state index < -0.39 is 29.9 Å². The first-order chi connectivity index (χ1) is 19.1. The van der Waals surface area contributed by atoms with Gasteiger partial charge in [0.2, 0.25) is 5.79 Å². The van der Waals surface area contributed by atoms with Gasteiger partial charge < -0.3 is 29.2 Å². The Hall–Kier alpha value is -4.45. The maximum Gasteiger partial charge on any atom is 0.342 e. The van der Waals surface area contributed by atoms with Crippen molar-refractivity contribution < 1.29 is 37.7 Å². The fourth-order valence-electron chi connectivity index (χ4n) is 4.52. The molecule has 0 bridgehead atoms. The van der Waals surface area contributed by atoms with Gasteiger partial charge in [0.25, 0.3) is 5.91 Å². The zero-order valence-corrected chi connectivity index (χ0v) is 22.3. The lowest BCUT2D eigenvalue weighted by Gasteiger charge is -2.20. The zero-order chi connectivity index (χ0) is 28.4. The molecule has 2 aromatic carbocycles. The Kier molecular flexibility index (Phi) is 7.44. The molecule has 0 saturated carbocycles. The highest BCUT2D eigenvalue weighted by Gasteiger charge is 2.40. The minimum absolute atomic E-state index is 0.0869. The lowest BCUT2D eigenvalue weighted by atomic mass is 10.1. The van der Waals surface area contributed by atoms with E-state index in [1.165, 1.54) is 29.4 Å². The molecule has 0 aliphatic carbocycles. The van der Waals surface area contributed by atoms with Crippen molar-refractivity contribution in [3.63, 3.8) is 0 Å². The molecular formula is C28H29FN4O7. The summed E-state index contributed by atoms with van der Waals surface area (Å²) in [6.45, 7) is 3.44. The van der Waals surface area contributed by atoms with Gasteiger partial charge in [-0.15, -0.1) is 0 Å². The van der Waals surface area contributed by atoms with Crippen molar-refractivity contribution in [1.29, 1.82) is 0 Å². The SMILES string of the molecule is CN1C(=O)[C@@H](NC(=O)n2cc(Cc3cccc(F)c3)cn2)COc2ccc(OCC[C@H]3OC(C)(C)OC3=O)cc21. The molecule has 0 spiro atoms. The number of nitrogens with zero attached hydrogens (tertiary/aromatic N) is 3. The number of aromatic nitrogens is 2. The Morgan fingerprint density at radius 3 is 2.77 bits per heavy atom. The Morgan fingerprint density at radius 2 is 2.02 bits per heavy atom. The Morgan fingerprint density at radius 1 is 1.20 bits per heavy atom. The Labute approximate surface area is 229 Å². The molecule has 1 aromatic heterocycles. The van der Waals surface area contributed by atoms with Gasteiger partial charge >= 0.3 is 12.0 Å². The number of benzene rings is 2.